The summed E-state index contributed by atoms with van der Waals surface area (Å²) in [5.41, 5.74) is 0.904. The molecule has 0 heterocycles. The Morgan fingerprint density at radius 2 is 2.06 bits per heavy atom. The van der Waals surface area contributed by atoms with Crippen molar-refractivity contribution in [2.45, 2.75) is 32.9 Å². The molecule has 18 heavy (non-hydrogen) atoms. The predicted octanol–water partition coefficient (Wildman–Crippen LogP) is 3.25. The Balaban J connectivity index is 2.85. The van der Waals surface area contributed by atoms with Crippen molar-refractivity contribution < 1.29 is 9.84 Å². The molecule has 0 aliphatic rings. The molecular weight excluding hydrogens is 273 g/mol. The lowest BCUT2D eigenvalue weighted by molar-refractivity contribution is 0.237. The van der Waals surface area contributed by atoms with E-state index < -0.39 is 0 Å². The first-order valence-electron chi connectivity index (χ1n) is 6.07. The molecule has 0 saturated carbocycles. The van der Waals surface area contributed by atoms with Crippen LogP contribution in [0.5, 0.6) is 5.75 Å². The lowest BCUT2D eigenvalue weighted by Gasteiger charge is -2.17. The molecule has 1 rings (SSSR count). The SMILES string of the molecule is CCOc1c(Cl)cc(Cl)cc1CN[C@@H](CC)CO. The van der Waals surface area contributed by atoms with Crippen molar-refractivity contribution in [1.29, 1.82) is 0 Å². The van der Waals surface area contributed by atoms with Crippen LogP contribution in [-0.4, -0.2) is 24.4 Å². The molecule has 1 aromatic carbocycles. The summed E-state index contributed by atoms with van der Waals surface area (Å²) >= 11 is 12.1. The number of aliphatic hydroxyl groups excluding tert-OH is 1. The van der Waals surface area contributed by atoms with Gasteiger partial charge < -0.3 is 15.2 Å². The first-order chi connectivity index (χ1) is 8.62. The molecule has 0 aromatic heterocycles. The number of hydrogen-bond donors (Lipinski definition) is 2. The lowest BCUT2D eigenvalue weighted by atomic mass is 10.1. The second-order valence-electron chi connectivity index (χ2n) is 3.98. The Labute approximate surface area is 118 Å². The standard InChI is InChI=1S/C13H19Cl2NO2/c1-3-11(8-17)16-7-9-5-10(14)6-12(15)13(9)18-4-2/h5-6,11,16-17H,3-4,7-8H2,1-2H3/t11-/m0/s1. The average Bonchev–Trinajstić information content (AvgIpc) is 2.34. The van der Waals surface area contributed by atoms with Crippen LogP contribution in [-0.2, 0) is 6.54 Å². The highest BCUT2D eigenvalue weighted by atomic mass is 35.5. The molecule has 0 fully saturated rings. The maximum Gasteiger partial charge on any atom is 0.142 e. The molecule has 5 heteroatoms. The van der Waals surface area contributed by atoms with Crippen molar-refractivity contribution in [1.82, 2.24) is 5.32 Å². The fraction of sp³-hybridized carbons (Fsp3) is 0.538. The van der Waals surface area contributed by atoms with Gasteiger partial charge in [0.2, 0.25) is 0 Å². The summed E-state index contributed by atoms with van der Waals surface area (Å²) in [5.74, 6) is 0.656. The van der Waals surface area contributed by atoms with Crippen LogP contribution in [0.1, 0.15) is 25.8 Å². The van der Waals surface area contributed by atoms with E-state index in [-0.39, 0.29) is 12.6 Å². The minimum atomic E-state index is 0.0669. The van der Waals surface area contributed by atoms with E-state index in [1.165, 1.54) is 0 Å². The quantitative estimate of drug-likeness (QED) is 0.810. The molecule has 0 saturated heterocycles. The van der Waals surface area contributed by atoms with Crippen LogP contribution in [0.25, 0.3) is 0 Å². The van der Waals surface area contributed by atoms with Crippen molar-refractivity contribution in [3.63, 3.8) is 0 Å². The third-order valence-electron chi connectivity index (χ3n) is 2.67. The smallest absolute Gasteiger partial charge is 0.142 e. The Hall–Kier alpha value is -0.480. The normalized spacial score (nSPS) is 12.5. The predicted molar refractivity (Wildman–Crippen MR) is 75.6 cm³/mol. The molecule has 0 aliphatic heterocycles. The second-order valence-corrected chi connectivity index (χ2v) is 4.82. The van der Waals surface area contributed by atoms with Crippen molar-refractivity contribution in [2.24, 2.45) is 0 Å². The summed E-state index contributed by atoms with van der Waals surface area (Å²) in [7, 11) is 0. The first-order valence-corrected chi connectivity index (χ1v) is 6.82. The number of benzene rings is 1. The molecule has 1 aromatic rings. The first kappa shape index (κ1) is 15.6. The van der Waals surface area contributed by atoms with E-state index in [0.717, 1.165) is 12.0 Å². The lowest BCUT2D eigenvalue weighted by Crippen LogP contribution is -2.31. The van der Waals surface area contributed by atoms with Gasteiger partial charge in [0.1, 0.15) is 5.75 Å². The van der Waals surface area contributed by atoms with E-state index in [1.807, 2.05) is 19.9 Å². The number of rotatable bonds is 7. The van der Waals surface area contributed by atoms with E-state index in [9.17, 15) is 0 Å². The molecule has 1 atom stereocenters. The molecular formula is C13H19Cl2NO2. The Bertz CT molecular complexity index is 381. The minimum Gasteiger partial charge on any atom is -0.492 e. The fourth-order valence-electron chi connectivity index (χ4n) is 1.64. The molecule has 0 spiro atoms. The third-order valence-corrected chi connectivity index (χ3v) is 3.17. The van der Waals surface area contributed by atoms with Gasteiger partial charge in [0.05, 0.1) is 18.2 Å². The van der Waals surface area contributed by atoms with Gasteiger partial charge >= 0.3 is 0 Å². The highest BCUT2D eigenvalue weighted by molar-refractivity contribution is 6.35. The summed E-state index contributed by atoms with van der Waals surface area (Å²) in [6, 6.07) is 3.56. The largest absolute Gasteiger partial charge is 0.492 e. The molecule has 0 aliphatic carbocycles. The van der Waals surface area contributed by atoms with Gasteiger partial charge in [0.25, 0.3) is 0 Å². The second kappa shape index (κ2) is 7.85. The highest BCUT2D eigenvalue weighted by Crippen LogP contribution is 2.32. The van der Waals surface area contributed by atoms with Crippen LogP contribution in [0.15, 0.2) is 12.1 Å². The highest BCUT2D eigenvalue weighted by Gasteiger charge is 2.12. The number of aliphatic hydroxyl groups is 1. The molecule has 0 radical (unpaired) electrons. The summed E-state index contributed by atoms with van der Waals surface area (Å²) in [4.78, 5) is 0. The van der Waals surface area contributed by atoms with Crippen LogP contribution in [0.4, 0.5) is 0 Å². The molecule has 3 nitrogen and oxygen atoms in total. The fourth-order valence-corrected chi connectivity index (χ4v) is 2.23. The van der Waals surface area contributed by atoms with Crippen LogP contribution in [0, 0.1) is 0 Å². The van der Waals surface area contributed by atoms with E-state index >= 15 is 0 Å². The number of hydrogen-bond acceptors (Lipinski definition) is 3. The van der Waals surface area contributed by atoms with E-state index in [0.29, 0.717) is 28.9 Å². The van der Waals surface area contributed by atoms with Gasteiger partial charge in [-0.15, -0.1) is 0 Å². The number of nitrogens with one attached hydrogen (secondary N) is 1. The molecule has 102 valence electrons. The number of ether oxygens (including phenoxy) is 1. The Morgan fingerprint density at radius 3 is 2.61 bits per heavy atom. The average molecular weight is 292 g/mol. The van der Waals surface area contributed by atoms with Gasteiger partial charge in [-0.2, -0.15) is 0 Å². The van der Waals surface area contributed by atoms with Crippen molar-refractivity contribution in [3.8, 4) is 5.75 Å². The minimum absolute atomic E-state index is 0.0669. The van der Waals surface area contributed by atoms with Crippen molar-refractivity contribution in [3.05, 3.63) is 27.7 Å². The van der Waals surface area contributed by atoms with Gasteiger partial charge in [0, 0.05) is 23.2 Å². The monoisotopic (exact) mass is 291 g/mol. The Kier molecular flexibility index (Phi) is 6.79. The van der Waals surface area contributed by atoms with E-state index in [4.69, 9.17) is 33.0 Å². The Morgan fingerprint density at radius 1 is 1.33 bits per heavy atom. The molecule has 0 amide bonds. The van der Waals surface area contributed by atoms with E-state index in [1.54, 1.807) is 6.07 Å². The van der Waals surface area contributed by atoms with Crippen LogP contribution < -0.4 is 10.1 Å². The number of halogens is 2. The summed E-state index contributed by atoms with van der Waals surface area (Å²) in [5, 5.41) is 13.5. The zero-order chi connectivity index (χ0) is 13.5. The maximum absolute atomic E-state index is 9.14. The molecule has 0 bridgehead atoms. The zero-order valence-corrected chi connectivity index (χ0v) is 12.2. The maximum atomic E-state index is 9.14. The van der Waals surface area contributed by atoms with Crippen molar-refractivity contribution >= 4 is 23.2 Å². The molecule has 2 N–H and O–H groups in total. The van der Waals surface area contributed by atoms with Gasteiger partial charge in [-0.3, -0.25) is 0 Å². The van der Waals surface area contributed by atoms with Crippen LogP contribution in [0.3, 0.4) is 0 Å². The summed E-state index contributed by atoms with van der Waals surface area (Å²) in [6.45, 7) is 5.14. The van der Waals surface area contributed by atoms with Gasteiger partial charge in [-0.1, -0.05) is 30.1 Å². The molecule has 0 unspecified atom stereocenters. The van der Waals surface area contributed by atoms with Crippen LogP contribution >= 0.6 is 23.2 Å². The van der Waals surface area contributed by atoms with Gasteiger partial charge in [0.15, 0.2) is 0 Å². The summed E-state index contributed by atoms with van der Waals surface area (Å²) < 4.78 is 5.53. The van der Waals surface area contributed by atoms with E-state index in [2.05, 4.69) is 5.32 Å². The van der Waals surface area contributed by atoms with Gasteiger partial charge in [-0.05, 0) is 25.5 Å². The van der Waals surface area contributed by atoms with Crippen LogP contribution in [0.2, 0.25) is 10.0 Å². The topological polar surface area (TPSA) is 41.5 Å². The third kappa shape index (κ3) is 4.32. The van der Waals surface area contributed by atoms with Gasteiger partial charge in [-0.25, -0.2) is 0 Å². The van der Waals surface area contributed by atoms with Crippen molar-refractivity contribution in [2.75, 3.05) is 13.2 Å². The summed E-state index contributed by atoms with van der Waals surface area (Å²) in [6.07, 6.45) is 0.856. The zero-order valence-electron chi connectivity index (χ0n) is 10.7.